The highest BCUT2D eigenvalue weighted by molar-refractivity contribution is 6.73. The van der Waals surface area contributed by atoms with Gasteiger partial charge in [0.1, 0.15) is 35.0 Å². The number of furan rings is 1. The second-order valence-electron chi connectivity index (χ2n) is 13.0. The molecule has 50 heavy (non-hydrogen) atoms. The summed E-state index contributed by atoms with van der Waals surface area (Å²) in [4.78, 5) is 39.8. The molecule has 1 N–H and O–H groups in total. The topological polar surface area (TPSA) is 142 Å². The molecule has 2 aliphatic heterocycles. The first-order chi connectivity index (χ1) is 24.1. The van der Waals surface area contributed by atoms with Gasteiger partial charge in [-0.25, -0.2) is 4.79 Å². The summed E-state index contributed by atoms with van der Waals surface area (Å²) >= 11 is 0. The summed E-state index contributed by atoms with van der Waals surface area (Å²) in [5.41, 5.74) is 2.72. The third kappa shape index (κ3) is 6.23. The highest BCUT2D eigenvalue weighted by atomic mass is 28.4. The van der Waals surface area contributed by atoms with Crippen molar-refractivity contribution in [2.75, 3.05) is 6.61 Å². The lowest BCUT2D eigenvalue weighted by Gasteiger charge is -2.49. The van der Waals surface area contributed by atoms with Crippen LogP contribution in [0.4, 0.5) is 5.69 Å². The molecule has 1 aromatic heterocycles. The second-order valence-corrected chi connectivity index (χ2v) is 17.7. The summed E-state index contributed by atoms with van der Waals surface area (Å²) in [6, 6.07) is 19.0. The van der Waals surface area contributed by atoms with Crippen LogP contribution in [0.1, 0.15) is 40.2 Å². The number of ether oxygens (including phenoxy) is 2. The average molecular weight is 699 g/mol. The lowest BCUT2D eigenvalue weighted by atomic mass is 9.77. The van der Waals surface area contributed by atoms with Crippen molar-refractivity contribution >= 4 is 47.8 Å². The molecule has 6 rings (SSSR count). The van der Waals surface area contributed by atoms with Crippen LogP contribution in [0.2, 0.25) is 18.1 Å². The lowest BCUT2D eigenvalue weighted by molar-refractivity contribution is -0.384. The third-order valence-electron chi connectivity index (χ3n) is 10.4. The highest BCUT2D eigenvalue weighted by Crippen LogP contribution is 2.49. The van der Waals surface area contributed by atoms with Gasteiger partial charge in [-0.05, 0) is 78.7 Å². The highest BCUT2D eigenvalue weighted by Gasteiger charge is 2.60. The second kappa shape index (κ2) is 14.2. The van der Waals surface area contributed by atoms with E-state index in [1.807, 2.05) is 62.4 Å². The van der Waals surface area contributed by atoms with E-state index in [4.69, 9.17) is 18.3 Å². The number of aliphatic hydroxyl groups is 1. The molecule has 0 saturated carbocycles. The standard InChI is InChI=1S/C38H42N2O9Si/c1-6-50(7-2,8-3)49-24(5)33-35-23(4)28(36(39(35)37(33)42)38(43)47-27-17-15-26(16-18-27)40(44)45)11-10-20-46-30-12-9-13-31-34(30)29-19-14-25(22-41)21-32(29)48-31/h9-19,21,23-24,33,35,41H,6-8,20,22H2,1-5H3/b11-10+/t23-,24+,33+,35+/m0/s1. The predicted molar refractivity (Wildman–Crippen MR) is 191 cm³/mol. The molecule has 4 atom stereocenters. The van der Waals surface area contributed by atoms with Gasteiger partial charge in [0, 0.05) is 23.4 Å². The van der Waals surface area contributed by atoms with Crippen LogP contribution >= 0.6 is 0 Å². The first-order valence-electron chi connectivity index (χ1n) is 17.1. The Morgan fingerprint density at radius 2 is 1.80 bits per heavy atom. The minimum Gasteiger partial charge on any atom is -0.489 e. The number of rotatable bonds is 14. The Labute approximate surface area is 291 Å². The van der Waals surface area contributed by atoms with Crippen molar-refractivity contribution in [3.05, 3.63) is 99.8 Å². The quantitative estimate of drug-likeness (QED) is 0.0351. The smallest absolute Gasteiger partial charge is 0.360 e. The number of hydrogen-bond acceptors (Lipinski definition) is 9. The van der Waals surface area contributed by atoms with E-state index in [2.05, 4.69) is 20.8 Å². The van der Waals surface area contributed by atoms with Gasteiger partial charge < -0.3 is 28.3 Å². The van der Waals surface area contributed by atoms with Gasteiger partial charge in [-0.1, -0.05) is 45.9 Å². The summed E-state index contributed by atoms with van der Waals surface area (Å²) in [5, 5.41) is 22.4. The zero-order valence-corrected chi connectivity index (χ0v) is 29.9. The summed E-state index contributed by atoms with van der Waals surface area (Å²) in [6.45, 7) is 10.5. The van der Waals surface area contributed by atoms with E-state index >= 15 is 0 Å². The number of benzene rings is 3. The Kier molecular flexibility index (Phi) is 9.97. The lowest BCUT2D eigenvalue weighted by Crippen LogP contribution is -2.65. The zero-order chi connectivity index (χ0) is 35.7. The van der Waals surface area contributed by atoms with E-state index in [1.165, 1.54) is 29.2 Å². The molecule has 0 unspecified atom stereocenters. The van der Waals surface area contributed by atoms with Crippen molar-refractivity contribution in [2.45, 2.75) is 71.5 Å². The van der Waals surface area contributed by atoms with E-state index in [0.717, 1.165) is 34.5 Å². The number of aliphatic hydroxyl groups excluding tert-OH is 1. The third-order valence-corrected chi connectivity index (χ3v) is 15.1. The van der Waals surface area contributed by atoms with Gasteiger partial charge in [0.05, 0.1) is 35.0 Å². The van der Waals surface area contributed by atoms with Crippen LogP contribution in [0.15, 0.2) is 88.5 Å². The number of nitrogens with zero attached hydrogens (tertiary/aromatic N) is 2. The molecule has 3 heterocycles. The molecule has 0 radical (unpaired) electrons. The number of carbonyl (C=O) groups is 2. The number of β-lactam (4-membered cyclic amide) rings is 1. The summed E-state index contributed by atoms with van der Waals surface area (Å²) in [7, 11) is -2.01. The number of fused-ring (bicyclic) bond motifs is 4. The van der Waals surface area contributed by atoms with Gasteiger partial charge in [0.15, 0.2) is 8.32 Å². The van der Waals surface area contributed by atoms with Crippen LogP contribution < -0.4 is 9.47 Å². The Morgan fingerprint density at radius 3 is 2.46 bits per heavy atom. The fourth-order valence-corrected chi connectivity index (χ4v) is 10.4. The van der Waals surface area contributed by atoms with Crippen molar-refractivity contribution in [1.29, 1.82) is 0 Å². The molecule has 2 aliphatic rings. The number of nitro groups is 1. The van der Waals surface area contributed by atoms with Crippen molar-refractivity contribution in [1.82, 2.24) is 4.90 Å². The summed E-state index contributed by atoms with van der Waals surface area (Å²) in [5.74, 6) is -0.765. The maximum Gasteiger partial charge on any atom is 0.360 e. The Bertz CT molecular complexity index is 1990. The number of hydrogen-bond donors (Lipinski definition) is 1. The van der Waals surface area contributed by atoms with Crippen LogP contribution in [0.5, 0.6) is 11.5 Å². The monoisotopic (exact) mass is 698 g/mol. The molecule has 1 saturated heterocycles. The molecular weight excluding hydrogens is 657 g/mol. The fraction of sp³-hybridized carbons (Fsp3) is 0.368. The van der Waals surface area contributed by atoms with Gasteiger partial charge >= 0.3 is 5.97 Å². The summed E-state index contributed by atoms with van der Waals surface area (Å²) < 4.78 is 24.7. The minimum absolute atomic E-state index is 0.0892. The Morgan fingerprint density at radius 1 is 1.08 bits per heavy atom. The molecule has 3 aromatic carbocycles. The number of non-ortho nitro benzene ring substituents is 1. The van der Waals surface area contributed by atoms with E-state index in [9.17, 15) is 24.8 Å². The molecule has 4 aromatic rings. The molecule has 262 valence electrons. The van der Waals surface area contributed by atoms with Crippen LogP contribution in [0, 0.1) is 22.0 Å². The SMILES string of the molecule is CC[Si](CC)(CC)O[C@H](C)[C@H]1C(=O)N2C(C(=O)Oc3ccc([N+](=O)[O-])cc3)=C(/C=C/COc3cccc4oc5cc(CO)ccc5c34)[C@H](C)[C@H]12. The molecular formula is C38H42N2O9Si. The molecule has 1 amide bonds. The molecule has 12 heteroatoms. The number of nitro benzene ring substituents is 1. The average Bonchev–Trinajstić information content (AvgIpc) is 3.61. The van der Waals surface area contributed by atoms with Crippen LogP contribution in [-0.4, -0.2) is 53.9 Å². The number of carbonyl (C=O) groups excluding carboxylic acids is 2. The van der Waals surface area contributed by atoms with E-state index in [1.54, 1.807) is 0 Å². The number of allylic oxidation sites excluding steroid dienone is 1. The van der Waals surface area contributed by atoms with Gasteiger partial charge in [0.25, 0.3) is 5.69 Å². The molecule has 11 nitrogen and oxygen atoms in total. The van der Waals surface area contributed by atoms with Crippen LogP contribution in [0.3, 0.4) is 0 Å². The van der Waals surface area contributed by atoms with Crippen molar-refractivity contribution in [2.24, 2.45) is 11.8 Å². The maximum absolute atomic E-state index is 13.8. The molecule has 0 bridgehead atoms. The minimum atomic E-state index is -2.01. The van der Waals surface area contributed by atoms with Crippen molar-refractivity contribution < 1.29 is 37.9 Å². The number of esters is 1. The normalized spacial score (nSPS) is 19.7. The van der Waals surface area contributed by atoms with Crippen molar-refractivity contribution in [3.8, 4) is 11.5 Å². The van der Waals surface area contributed by atoms with E-state index in [-0.39, 0.29) is 54.3 Å². The van der Waals surface area contributed by atoms with E-state index < -0.39 is 25.1 Å². The first kappa shape index (κ1) is 35.1. The molecule has 0 spiro atoms. The fourth-order valence-electron chi connectivity index (χ4n) is 7.42. The molecule has 0 aliphatic carbocycles. The maximum atomic E-state index is 13.8. The van der Waals surface area contributed by atoms with E-state index in [0.29, 0.717) is 22.5 Å². The molecule has 1 fully saturated rings. The van der Waals surface area contributed by atoms with Crippen molar-refractivity contribution in [3.63, 3.8) is 0 Å². The first-order valence-corrected chi connectivity index (χ1v) is 19.6. The van der Waals surface area contributed by atoms with Gasteiger partial charge in [-0.2, -0.15) is 0 Å². The van der Waals surface area contributed by atoms with Gasteiger partial charge in [-0.3, -0.25) is 14.9 Å². The predicted octanol–water partition coefficient (Wildman–Crippen LogP) is 7.67. The largest absolute Gasteiger partial charge is 0.489 e. The Hall–Kier alpha value is -4.78. The zero-order valence-electron chi connectivity index (χ0n) is 28.9. The summed E-state index contributed by atoms with van der Waals surface area (Å²) in [6.07, 6.45) is 3.31. The van der Waals surface area contributed by atoms with Crippen LogP contribution in [0.25, 0.3) is 21.9 Å². The van der Waals surface area contributed by atoms with Crippen LogP contribution in [-0.2, 0) is 20.6 Å². The Balaban J connectivity index is 1.27. The van der Waals surface area contributed by atoms with Gasteiger partial charge in [0.2, 0.25) is 5.91 Å². The van der Waals surface area contributed by atoms with Gasteiger partial charge in [-0.15, -0.1) is 0 Å². The number of amides is 1.